The van der Waals surface area contributed by atoms with Gasteiger partial charge in [0.2, 0.25) is 11.8 Å². The highest BCUT2D eigenvalue weighted by atomic mass is 16.5. The molecule has 0 spiro atoms. The number of rotatable bonds is 6. The maximum Gasteiger partial charge on any atom is 0.253 e. The van der Waals surface area contributed by atoms with Gasteiger partial charge >= 0.3 is 0 Å². The number of amides is 1. The van der Waals surface area contributed by atoms with Crippen LogP contribution in [0.3, 0.4) is 0 Å². The second-order valence-electron chi connectivity index (χ2n) is 6.00. The largest absolute Gasteiger partial charge is 0.478 e. The van der Waals surface area contributed by atoms with Gasteiger partial charge in [0.15, 0.2) is 0 Å². The normalized spacial score (nSPS) is 13.8. The Bertz CT molecular complexity index is 727. The number of hydrogen-bond acceptors (Lipinski definition) is 6. The molecule has 1 amide bonds. The fraction of sp³-hybridized carbons (Fsp3) is 0.444. The Kier molecular flexibility index (Phi) is 5.42. The Morgan fingerprint density at radius 2 is 2.08 bits per heavy atom. The summed E-state index contributed by atoms with van der Waals surface area (Å²) in [6, 6.07) is 5.29. The molecule has 1 saturated heterocycles. The van der Waals surface area contributed by atoms with E-state index in [1.165, 1.54) is 19.0 Å². The number of aromatic nitrogens is 3. The Morgan fingerprint density at radius 3 is 2.76 bits per heavy atom. The van der Waals surface area contributed by atoms with Crippen molar-refractivity contribution in [1.29, 1.82) is 0 Å². The number of aryl methyl sites for hydroxylation is 1. The van der Waals surface area contributed by atoms with Crippen molar-refractivity contribution in [3.8, 4) is 5.88 Å². The van der Waals surface area contributed by atoms with Crippen LogP contribution in [0.2, 0.25) is 0 Å². The molecule has 1 N–H and O–H groups in total. The molecule has 3 heterocycles. The van der Waals surface area contributed by atoms with Gasteiger partial charge in [-0.3, -0.25) is 4.79 Å². The highest BCUT2D eigenvalue weighted by molar-refractivity contribution is 5.93. The summed E-state index contributed by atoms with van der Waals surface area (Å²) in [7, 11) is 0. The molecular weight excluding hydrogens is 318 g/mol. The molecule has 0 bridgehead atoms. The van der Waals surface area contributed by atoms with Gasteiger partial charge in [-0.1, -0.05) is 0 Å². The minimum absolute atomic E-state index is 0.186. The number of nitrogens with zero attached hydrogens (tertiary/aromatic N) is 4. The van der Waals surface area contributed by atoms with Crippen molar-refractivity contribution in [3.05, 3.63) is 41.3 Å². The molecule has 0 atom stereocenters. The summed E-state index contributed by atoms with van der Waals surface area (Å²) in [6.45, 7) is 6.73. The van der Waals surface area contributed by atoms with Crippen LogP contribution in [-0.4, -0.2) is 40.6 Å². The molecule has 132 valence electrons. The molecule has 0 unspecified atom stereocenters. The zero-order valence-electron chi connectivity index (χ0n) is 14.7. The Balaban J connectivity index is 1.63. The van der Waals surface area contributed by atoms with Gasteiger partial charge in [-0.05, 0) is 38.8 Å². The second kappa shape index (κ2) is 7.92. The van der Waals surface area contributed by atoms with Crippen molar-refractivity contribution < 1.29 is 9.53 Å². The standard InChI is InChI=1S/C18H23N5O2/c1-3-25-16-7-6-14(11-19-16)17(24)20-12-15-10-13(2)21-18(22-15)23-8-4-5-9-23/h6-7,10-11H,3-5,8-9,12H2,1-2H3,(H,20,24). The van der Waals surface area contributed by atoms with Crippen molar-refractivity contribution >= 4 is 11.9 Å². The van der Waals surface area contributed by atoms with E-state index in [2.05, 4.69) is 25.2 Å². The van der Waals surface area contributed by atoms with Gasteiger partial charge in [-0.25, -0.2) is 15.0 Å². The fourth-order valence-electron chi connectivity index (χ4n) is 2.79. The fourth-order valence-corrected chi connectivity index (χ4v) is 2.79. The lowest BCUT2D eigenvalue weighted by molar-refractivity contribution is 0.0950. The van der Waals surface area contributed by atoms with E-state index < -0.39 is 0 Å². The smallest absolute Gasteiger partial charge is 0.253 e. The first-order chi connectivity index (χ1) is 12.2. The van der Waals surface area contributed by atoms with E-state index in [1.807, 2.05) is 19.9 Å². The van der Waals surface area contributed by atoms with Crippen LogP contribution in [-0.2, 0) is 6.54 Å². The molecule has 3 rings (SSSR count). The van der Waals surface area contributed by atoms with Crippen LogP contribution in [0.1, 0.15) is 41.5 Å². The lowest BCUT2D eigenvalue weighted by Crippen LogP contribution is -2.25. The minimum atomic E-state index is -0.186. The molecule has 7 nitrogen and oxygen atoms in total. The Morgan fingerprint density at radius 1 is 1.28 bits per heavy atom. The summed E-state index contributed by atoms with van der Waals surface area (Å²) in [5.74, 6) is 1.08. The number of nitrogens with one attached hydrogen (secondary N) is 1. The van der Waals surface area contributed by atoms with Gasteiger partial charge in [0.25, 0.3) is 5.91 Å². The van der Waals surface area contributed by atoms with Gasteiger partial charge in [-0.2, -0.15) is 0 Å². The van der Waals surface area contributed by atoms with E-state index in [9.17, 15) is 4.79 Å². The number of carbonyl (C=O) groups is 1. The Labute approximate surface area is 147 Å². The summed E-state index contributed by atoms with van der Waals surface area (Å²) in [6.07, 6.45) is 3.86. The van der Waals surface area contributed by atoms with Crippen LogP contribution in [0, 0.1) is 6.92 Å². The second-order valence-corrected chi connectivity index (χ2v) is 6.00. The highest BCUT2D eigenvalue weighted by Crippen LogP contribution is 2.16. The number of ether oxygens (including phenoxy) is 1. The molecular formula is C18H23N5O2. The lowest BCUT2D eigenvalue weighted by Gasteiger charge is -2.16. The van der Waals surface area contributed by atoms with E-state index in [-0.39, 0.29) is 5.91 Å². The van der Waals surface area contributed by atoms with E-state index in [0.717, 1.165) is 30.4 Å². The average Bonchev–Trinajstić information content (AvgIpc) is 3.15. The zero-order chi connectivity index (χ0) is 17.6. The third-order valence-electron chi connectivity index (χ3n) is 4.01. The third kappa shape index (κ3) is 4.43. The first-order valence-electron chi connectivity index (χ1n) is 8.62. The first kappa shape index (κ1) is 17.1. The maximum atomic E-state index is 12.3. The van der Waals surface area contributed by atoms with Crippen LogP contribution >= 0.6 is 0 Å². The van der Waals surface area contributed by atoms with Gasteiger partial charge in [0.1, 0.15) is 0 Å². The average molecular weight is 341 g/mol. The van der Waals surface area contributed by atoms with Crippen LogP contribution in [0.4, 0.5) is 5.95 Å². The predicted molar refractivity (Wildman–Crippen MR) is 94.8 cm³/mol. The maximum absolute atomic E-state index is 12.3. The summed E-state index contributed by atoms with van der Waals surface area (Å²) in [4.78, 5) is 27.7. The molecule has 1 fully saturated rings. The molecule has 2 aromatic rings. The van der Waals surface area contributed by atoms with Gasteiger partial charge < -0.3 is 15.0 Å². The predicted octanol–water partition coefficient (Wildman–Crippen LogP) is 2.11. The molecule has 25 heavy (non-hydrogen) atoms. The molecule has 1 aliphatic heterocycles. The molecule has 2 aromatic heterocycles. The van der Waals surface area contributed by atoms with Crippen LogP contribution in [0.25, 0.3) is 0 Å². The van der Waals surface area contributed by atoms with Crippen LogP contribution in [0.5, 0.6) is 5.88 Å². The summed E-state index contributed by atoms with van der Waals surface area (Å²) in [5.41, 5.74) is 2.21. The third-order valence-corrected chi connectivity index (χ3v) is 4.01. The molecule has 1 aliphatic rings. The van der Waals surface area contributed by atoms with E-state index in [4.69, 9.17) is 4.74 Å². The van der Waals surface area contributed by atoms with Crippen LogP contribution < -0.4 is 15.0 Å². The van der Waals surface area contributed by atoms with E-state index >= 15 is 0 Å². The molecule has 0 radical (unpaired) electrons. The zero-order valence-corrected chi connectivity index (χ0v) is 14.7. The van der Waals surface area contributed by atoms with E-state index in [1.54, 1.807) is 12.1 Å². The summed E-state index contributed by atoms with van der Waals surface area (Å²) >= 11 is 0. The summed E-state index contributed by atoms with van der Waals surface area (Å²) < 4.78 is 5.28. The number of anilines is 1. The van der Waals surface area contributed by atoms with Gasteiger partial charge in [0, 0.05) is 31.0 Å². The Hall–Kier alpha value is -2.70. The first-order valence-corrected chi connectivity index (χ1v) is 8.62. The van der Waals surface area contributed by atoms with Crippen molar-refractivity contribution in [2.45, 2.75) is 33.2 Å². The van der Waals surface area contributed by atoms with Crippen molar-refractivity contribution in [2.24, 2.45) is 0 Å². The number of hydrogen-bond donors (Lipinski definition) is 1. The topological polar surface area (TPSA) is 80.2 Å². The number of carbonyl (C=O) groups excluding carboxylic acids is 1. The van der Waals surface area contributed by atoms with Crippen molar-refractivity contribution in [2.75, 3.05) is 24.6 Å². The van der Waals surface area contributed by atoms with Crippen molar-refractivity contribution in [3.63, 3.8) is 0 Å². The van der Waals surface area contributed by atoms with Crippen LogP contribution in [0.15, 0.2) is 24.4 Å². The van der Waals surface area contributed by atoms with Gasteiger partial charge in [0.05, 0.1) is 24.4 Å². The molecule has 0 aromatic carbocycles. The van der Waals surface area contributed by atoms with E-state index in [0.29, 0.717) is 24.6 Å². The highest BCUT2D eigenvalue weighted by Gasteiger charge is 2.16. The number of pyridine rings is 1. The lowest BCUT2D eigenvalue weighted by atomic mass is 10.2. The van der Waals surface area contributed by atoms with Gasteiger partial charge in [-0.15, -0.1) is 0 Å². The monoisotopic (exact) mass is 341 g/mol. The van der Waals surface area contributed by atoms with Crippen molar-refractivity contribution in [1.82, 2.24) is 20.3 Å². The SMILES string of the molecule is CCOc1ccc(C(=O)NCc2cc(C)nc(N3CCCC3)n2)cn1. The molecule has 0 aliphatic carbocycles. The summed E-state index contributed by atoms with van der Waals surface area (Å²) in [5, 5.41) is 2.88. The molecule has 7 heteroatoms. The molecule has 0 saturated carbocycles. The minimum Gasteiger partial charge on any atom is -0.478 e. The quantitative estimate of drug-likeness (QED) is 0.867.